The highest BCUT2D eigenvalue weighted by Crippen LogP contribution is 2.32. The Balaban J connectivity index is 2.08. The van der Waals surface area contributed by atoms with E-state index in [2.05, 4.69) is 11.1 Å². The zero-order valence-electron chi connectivity index (χ0n) is 11.3. The SMILES string of the molecule is N#Cc1cnc2ccccc2c1Oc1ccc(CN)cc1. The van der Waals surface area contributed by atoms with E-state index in [0.29, 0.717) is 23.6 Å². The lowest BCUT2D eigenvalue weighted by molar-refractivity contribution is 0.486. The standard InChI is InChI=1S/C17H13N3O/c18-9-12-5-7-14(8-6-12)21-17-13(10-19)11-20-16-4-2-1-3-15(16)17/h1-8,11H,9,18H2. The molecule has 2 aromatic carbocycles. The van der Waals surface area contributed by atoms with Gasteiger partial charge in [-0.15, -0.1) is 0 Å². The molecule has 0 atom stereocenters. The minimum Gasteiger partial charge on any atom is -0.455 e. The van der Waals surface area contributed by atoms with Gasteiger partial charge in [0, 0.05) is 18.1 Å². The molecular weight excluding hydrogens is 262 g/mol. The molecule has 0 aliphatic rings. The van der Waals surface area contributed by atoms with Crippen molar-refractivity contribution in [3.8, 4) is 17.6 Å². The molecule has 0 saturated carbocycles. The Bertz CT molecular complexity index is 820. The van der Waals surface area contributed by atoms with E-state index in [0.717, 1.165) is 16.5 Å². The molecule has 0 spiro atoms. The van der Waals surface area contributed by atoms with Gasteiger partial charge in [0.25, 0.3) is 0 Å². The Labute approximate surface area is 122 Å². The average Bonchev–Trinajstić information content (AvgIpc) is 2.56. The molecule has 3 aromatic rings. The predicted molar refractivity (Wildman–Crippen MR) is 80.9 cm³/mol. The lowest BCUT2D eigenvalue weighted by atomic mass is 10.1. The summed E-state index contributed by atoms with van der Waals surface area (Å²) in [4.78, 5) is 4.26. The van der Waals surface area contributed by atoms with Crippen LogP contribution in [0, 0.1) is 11.3 Å². The van der Waals surface area contributed by atoms with Gasteiger partial charge in [0.2, 0.25) is 0 Å². The molecule has 0 amide bonds. The first-order valence-corrected chi connectivity index (χ1v) is 6.56. The summed E-state index contributed by atoms with van der Waals surface area (Å²) in [7, 11) is 0. The molecule has 0 aliphatic heterocycles. The fourth-order valence-electron chi connectivity index (χ4n) is 2.12. The first kappa shape index (κ1) is 13.1. The van der Waals surface area contributed by atoms with Gasteiger partial charge in [0.15, 0.2) is 5.75 Å². The van der Waals surface area contributed by atoms with Crippen molar-refractivity contribution < 1.29 is 4.74 Å². The molecule has 102 valence electrons. The number of hydrogen-bond donors (Lipinski definition) is 1. The molecule has 0 unspecified atom stereocenters. The number of ether oxygens (including phenoxy) is 1. The number of fused-ring (bicyclic) bond motifs is 1. The summed E-state index contributed by atoms with van der Waals surface area (Å²) in [6.07, 6.45) is 1.53. The number of benzene rings is 2. The van der Waals surface area contributed by atoms with E-state index in [4.69, 9.17) is 10.5 Å². The third-order valence-electron chi connectivity index (χ3n) is 3.23. The number of pyridine rings is 1. The van der Waals surface area contributed by atoms with Crippen molar-refractivity contribution in [1.82, 2.24) is 4.98 Å². The van der Waals surface area contributed by atoms with Crippen LogP contribution in [0.4, 0.5) is 0 Å². The number of rotatable bonds is 3. The van der Waals surface area contributed by atoms with Crippen molar-refractivity contribution in [3.05, 3.63) is 65.9 Å². The van der Waals surface area contributed by atoms with E-state index >= 15 is 0 Å². The average molecular weight is 275 g/mol. The Kier molecular flexibility index (Phi) is 3.50. The number of aromatic nitrogens is 1. The highest BCUT2D eigenvalue weighted by atomic mass is 16.5. The van der Waals surface area contributed by atoms with Gasteiger partial charge in [-0.3, -0.25) is 4.98 Å². The molecule has 0 aliphatic carbocycles. The molecular formula is C17H13N3O. The van der Waals surface area contributed by atoms with Crippen molar-refractivity contribution in [3.63, 3.8) is 0 Å². The molecule has 1 heterocycles. The highest BCUT2D eigenvalue weighted by Gasteiger charge is 2.10. The lowest BCUT2D eigenvalue weighted by Crippen LogP contribution is -1.96. The maximum absolute atomic E-state index is 9.25. The second-order valence-corrected chi connectivity index (χ2v) is 4.58. The highest BCUT2D eigenvalue weighted by molar-refractivity contribution is 5.87. The maximum Gasteiger partial charge on any atom is 0.156 e. The molecule has 0 fully saturated rings. The summed E-state index contributed by atoms with van der Waals surface area (Å²) < 4.78 is 5.91. The van der Waals surface area contributed by atoms with Crippen LogP contribution in [0.2, 0.25) is 0 Å². The second-order valence-electron chi connectivity index (χ2n) is 4.58. The number of nitrogens with two attached hydrogens (primary N) is 1. The Morgan fingerprint density at radius 2 is 1.86 bits per heavy atom. The van der Waals surface area contributed by atoms with Crippen molar-refractivity contribution in [2.45, 2.75) is 6.54 Å². The monoisotopic (exact) mass is 275 g/mol. The third kappa shape index (κ3) is 2.55. The van der Waals surface area contributed by atoms with Crippen LogP contribution in [0.1, 0.15) is 11.1 Å². The Hall–Kier alpha value is -2.90. The van der Waals surface area contributed by atoms with Crippen molar-refractivity contribution in [2.24, 2.45) is 5.73 Å². The van der Waals surface area contributed by atoms with Crippen molar-refractivity contribution in [1.29, 1.82) is 5.26 Å². The topological polar surface area (TPSA) is 71.9 Å². The van der Waals surface area contributed by atoms with E-state index in [1.54, 1.807) is 0 Å². The van der Waals surface area contributed by atoms with Gasteiger partial charge >= 0.3 is 0 Å². The van der Waals surface area contributed by atoms with Crippen molar-refractivity contribution in [2.75, 3.05) is 0 Å². The van der Waals surface area contributed by atoms with Crippen LogP contribution in [0.5, 0.6) is 11.5 Å². The molecule has 3 rings (SSSR count). The molecule has 2 N–H and O–H groups in total. The zero-order chi connectivity index (χ0) is 14.7. The second kappa shape index (κ2) is 5.61. The van der Waals surface area contributed by atoms with E-state index in [1.165, 1.54) is 6.20 Å². The van der Waals surface area contributed by atoms with Crippen LogP contribution in [0.15, 0.2) is 54.7 Å². The van der Waals surface area contributed by atoms with Gasteiger partial charge in [0.1, 0.15) is 17.4 Å². The predicted octanol–water partition coefficient (Wildman–Crippen LogP) is 3.36. The molecule has 0 saturated heterocycles. The molecule has 0 radical (unpaired) electrons. The quantitative estimate of drug-likeness (QED) is 0.795. The summed E-state index contributed by atoms with van der Waals surface area (Å²) in [6, 6.07) is 17.2. The largest absolute Gasteiger partial charge is 0.455 e. The molecule has 4 heteroatoms. The first-order valence-electron chi connectivity index (χ1n) is 6.56. The molecule has 4 nitrogen and oxygen atoms in total. The van der Waals surface area contributed by atoms with Gasteiger partial charge in [-0.1, -0.05) is 24.3 Å². The first-order chi connectivity index (χ1) is 10.3. The number of nitrogens with zero attached hydrogens (tertiary/aromatic N) is 2. The van der Waals surface area contributed by atoms with Gasteiger partial charge in [-0.25, -0.2) is 0 Å². The number of nitriles is 1. The van der Waals surface area contributed by atoms with Gasteiger partial charge in [-0.05, 0) is 29.8 Å². The summed E-state index contributed by atoms with van der Waals surface area (Å²) >= 11 is 0. The van der Waals surface area contributed by atoms with E-state index in [9.17, 15) is 5.26 Å². The summed E-state index contributed by atoms with van der Waals surface area (Å²) in [6.45, 7) is 0.488. The smallest absolute Gasteiger partial charge is 0.156 e. The fourth-order valence-corrected chi connectivity index (χ4v) is 2.12. The third-order valence-corrected chi connectivity index (χ3v) is 3.23. The number of para-hydroxylation sites is 1. The number of hydrogen-bond acceptors (Lipinski definition) is 4. The summed E-state index contributed by atoms with van der Waals surface area (Å²) in [5, 5.41) is 10.1. The van der Waals surface area contributed by atoms with Crippen LogP contribution in [-0.2, 0) is 6.54 Å². The molecule has 1 aromatic heterocycles. The van der Waals surface area contributed by atoms with Crippen LogP contribution in [-0.4, -0.2) is 4.98 Å². The van der Waals surface area contributed by atoms with E-state index in [1.807, 2.05) is 48.5 Å². The molecule has 0 bridgehead atoms. The Morgan fingerprint density at radius 3 is 2.57 bits per heavy atom. The van der Waals surface area contributed by atoms with E-state index < -0.39 is 0 Å². The fraction of sp³-hybridized carbons (Fsp3) is 0.0588. The Morgan fingerprint density at radius 1 is 1.10 bits per heavy atom. The normalized spacial score (nSPS) is 10.3. The van der Waals surface area contributed by atoms with E-state index in [-0.39, 0.29) is 0 Å². The zero-order valence-corrected chi connectivity index (χ0v) is 11.3. The summed E-state index contributed by atoms with van der Waals surface area (Å²) in [5.74, 6) is 1.20. The van der Waals surface area contributed by atoms with Gasteiger partial charge in [-0.2, -0.15) is 5.26 Å². The summed E-state index contributed by atoms with van der Waals surface area (Å²) in [5.41, 5.74) is 7.82. The minimum atomic E-state index is 0.414. The van der Waals surface area contributed by atoms with Crippen LogP contribution in [0.25, 0.3) is 10.9 Å². The van der Waals surface area contributed by atoms with Crippen molar-refractivity contribution >= 4 is 10.9 Å². The van der Waals surface area contributed by atoms with Gasteiger partial charge < -0.3 is 10.5 Å². The van der Waals surface area contributed by atoms with Crippen LogP contribution >= 0.6 is 0 Å². The van der Waals surface area contributed by atoms with Gasteiger partial charge in [0.05, 0.1) is 5.52 Å². The minimum absolute atomic E-state index is 0.414. The lowest BCUT2D eigenvalue weighted by Gasteiger charge is -2.10. The van der Waals surface area contributed by atoms with Crippen LogP contribution < -0.4 is 10.5 Å². The maximum atomic E-state index is 9.25. The van der Waals surface area contributed by atoms with Crippen LogP contribution in [0.3, 0.4) is 0 Å². The molecule has 21 heavy (non-hydrogen) atoms.